The molecule has 2 atom stereocenters. The molecule has 0 amide bonds. The van der Waals surface area contributed by atoms with Crippen LogP contribution in [0.4, 0.5) is 20.4 Å². The highest BCUT2D eigenvalue weighted by Crippen LogP contribution is 2.25. The highest BCUT2D eigenvalue weighted by atomic mass is 19.1. The summed E-state index contributed by atoms with van der Waals surface area (Å²) in [5, 5.41) is 9.58. The fraction of sp³-hybridized carbons (Fsp3) is 0.545. The molecule has 4 nitrogen and oxygen atoms in total. The summed E-state index contributed by atoms with van der Waals surface area (Å²) in [5.41, 5.74) is 5.33. The molecule has 1 aromatic rings. The van der Waals surface area contributed by atoms with Crippen LogP contribution in [0.2, 0.25) is 0 Å². The molecule has 1 fully saturated rings. The van der Waals surface area contributed by atoms with Crippen molar-refractivity contribution in [3.8, 4) is 0 Å². The number of hydrogen-bond donors (Lipinski definition) is 2. The first-order valence-corrected chi connectivity index (χ1v) is 5.53. The molecule has 1 aliphatic heterocycles. The first-order chi connectivity index (χ1) is 7.99. The Balaban J connectivity index is 2.26. The highest BCUT2D eigenvalue weighted by Gasteiger charge is 2.27. The second-order valence-electron chi connectivity index (χ2n) is 4.44. The minimum absolute atomic E-state index is 0.0243. The van der Waals surface area contributed by atoms with Gasteiger partial charge in [0.25, 0.3) is 0 Å². The van der Waals surface area contributed by atoms with Crippen molar-refractivity contribution in [3.63, 3.8) is 0 Å². The predicted molar refractivity (Wildman–Crippen MR) is 60.6 cm³/mol. The predicted octanol–water partition coefficient (Wildman–Crippen LogP) is 1.15. The fourth-order valence-corrected chi connectivity index (χ4v) is 2.02. The van der Waals surface area contributed by atoms with E-state index in [1.807, 2.05) is 6.92 Å². The molecule has 0 bridgehead atoms. The number of pyridine rings is 1. The van der Waals surface area contributed by atoms with Crippen molar-refractivity contribution in [1.29, 1.82) is 0 Å². The Hall–Kier alpha value is -1.43. The molecule has 2 unspecified atom stereocenters. The summed E-state index contributed by atoms with van der Waals surface area (Å²) in [5.74, 6) is -1.80. The Labute approximate surface area is 98.1 Å². The smallest absolute Gasteiger partial charge is 0.168 e. The zero-order valence-electron chi connectivity index (χ0n) is 9.53. The number of aliphatic hydroxyl groups excluding tert-OH is 1. The van der Waals surface area contributed by atoms with E-state index in [0.29, 0.717) is 19.5 Å². The average Bonchev–Trinajstić information content (AvgIpc) is 2.27. The van der Waals surface area contributed by atoms with Crippen molar-refractivity contribution in [3.05, 3.63) is 17.7 Å². The van der Waals surface area contributed by atoms with Crippen LogP contribution < -0.4 is 10.6 Å². The third-order valence-electron chi connectivity index (χ3n) is 3.10. The number of anilines is 2. The van der Waals surface area contributed by atoms with E-state index in [-0.39, 0.29) is 23.7 Å². The van der Waals surface area contributed by atoms with Crippen molar-refractivity contribution in [2.24, 2.45) is 5.92 Å². The minimum atomic E-state index is -0.851. The molecular weight excluding hydrogens is 228 g/mol. The lowest BCUT2D eigenvalue weighted by Gasteiger charge is -2.35. The van der Waals surface area contributed by atoms with Crippen LogP contribution >= 0.6 is 0 Å². The molecular formula is C11H15F2N3O. The Morgan fingerprint density at radius 3 is 2.82 bits per heavy atom. The lowest BCUT2D eigenvalue weighted by molar-refractivity contribution is 0.0966. The van der Waals surface area contributed by atoms with Gasteiger partial charge in [0.2, 0.25) is 0 Å². The second-order valence-corrected chi connectivity index (χ2v) is 4.44. The number of aliphatic hydroxyl groups is 1. The van der Waals surface area contributed by atoms with Gasteiger partial charge in [-0.3, -0.25) is 0 Å². The quantitative estimate of drug-likeness (QED) is 0.776. The molecule has 6 heteroatoms. The van der Waals surface area contributed by atoms with Crippen LogP contribution in [0.25, 0.3) is 0 Å². The van der Waals surface area contributed by atoms with E-state index in [1.165, 1.54) is 0 Å². The van der Waals surface area contributed by atoms with E-state index in [4.69, 9.17) is 5.73 Å². The fourth-order valence-electron chi connectivity index (χ4n) is 2.02. The van der Waals surface area contributed by atoms with Crippen molar-refractivity contribution < 1.29 is 13.9 Å². The van der Waals surface area contributed by atoms with Gasteiger partial charge >= 0.3 is 0 Å². The van der Waals surface area contributed by atoms with Gasteiger partial charge in [0.15, 0.2) is 23.3 Å². The molecule has 2 heterocycles. The molecule has 0 radical (unpaired) electrons. The summed E-state index contributed by atoms with van der Waals surface area (Å²) in [7, 11) is 0. The van der Waals surface area contributed by atoms with E-state index < -0.39 is 11.6 Å². The Morgan fingerprint density at radius 1 is 1.47 bits per heavy atom. The third kappa shape index (κ3) is 2.31. The molecule has 1 aromatic heterocycles. The molecule has 0 aromatic carbocycles. The van der Waals surface area contributed by atoms with Crippen molar-refractivity contribution in [2.45, 2.75) is 19.4 Å². The zero-order valence-corrected chi connectivity index (χ0v) is 9.53. The van der Waals surface area contributed by atoms with Crippen LogP contribution in [0.3, 0.4) is 0 Å². The van der Waals surface area contributed by atoms with Crippen LogP contribution in [-0.2, 0) is 0 Å². The molecule has 17 heavy (non-hydrogen) atoms. The summed E-state index contributed by atoms with van der Waals surface area (Å²) in [6.45, 7) is 2.85. The van der Waals surface area contributed by atoms with Crippen LogP contribution in [0.15, 0.2) is 6.07 Å². The summed E-state index contributed by atoms with van der Waals surface area (Å²) in [6.07, 6.45) is 0.159. The van der Waals surface area contributed by atoms with Gasteiger partial charge in [-0.05, 0) is 12.3 Å². The zero-order chi connectivity index (χ0) is 12.6. The molecule has 0 saturated carbocycles. The monoisotopic (exact) mass is 243 g/mol. The molecule has 2 rings (SSSR count). The third-order valence-corrected chi connectivity index (χ3v) is 3.10. The SMILES string of the molecule is CC1CN(c2nc(N)c(F)cc2F)CCC1O. The molecule has 1 aliphatic rings. The van der Waals surface area contributed by atoms with Crippen LogP contribution in [0.1, 0.15) is 13.3 Å². The first-order valence-electron chi connectivity index (χ1n) is 5.53. The Kier molecular flexibility index (Phi) is 3.15. The summed E-state index contributed by atoms with van der Waals surface area (Å²) < 4.78 is 26.6. The molecule has 0 spiro atoms. The van der Waals surface area contributed by atoms with Gasteiger partial charge in [-0.1, -0.05) is 6.92 Å². The van der Waals surface area contributed by atoms with Gasteiger partial charge in [0, 0.05) is 19.2 Å². The molecule has 94 valence electrons. The van der Waals surface area contributed by atoms with E-state index >= 15 is 0 Å². The topological polar surface area (TPSA) is 62.4 Å². The highest BCUT2D eigenvalue weighted by molar-refractivity contribution is 5.47. The lowest BCUT2D eigenvalue weighted by Crippen LogP contribution is -2.42. The number of nitrogens with two attached hydrogens (primary N) is 1. The number of nitrogen functional groups attached to an aromatic ring is 1. The molecule has 3 N–H and O–H groups in total. The Bertz CT molecular complexity index is 427. The number of rotatable bonds is 1. The van der Waals surface area contributed by atoms with Crippen LogP contribution in [0, 0.1) is 17.6 Å². The van der Waals surface area contributed by atoms with E-state index in [2.05, 4.69) is 4.98 Å². The number of halogens is 2. The first kappa shape index (κ1) is 12.0. The number of piperidine rings is 1. The van der Waals surface area contributed by atoms with Gasteiger partial charge < -0.3 is 15.7 Å². The largest absolute Gasteiger partial charge is 0.393 e. The average molecular weight is 243 g/mol. The molecule has 0 aliphatic carbocycles. The Morgan fingerprint density at radius 2 is 2.18 bits per heavy atom. The maximum atomic E-state index is 13.6. The van der Waals surface area contributed by atoms with E-state index in [9.17, 15) is 13.9 Å². The van der Waals surface area contributed by atoms with Crippen molar-refractivity contribution in [2.75, 3.05) is 23.7 Å². The maximum absolute atomic E-state index is 13.6. The van der Waals surface area contributed by atoms with Crippen molar-refractivity contribution in [1.82, 2.24) is 4.98 Å². The van der Waals surface area contributed by atoms with Crippen LogP contribution in [-0.4, -0.2) is 29.3 Å². The van der Waals surface area contributed by atoms with Gasteiger partial charge in [-0.25, -0.2) is 13.8 Å². The minimum Gasteiger partial charge on any atom is -0.393 e. The number of hydrogen-bond acceptors (Lipinski definition) is 4. The van der Waals surface area contributed by atoms with E-state index in [0.717, 1.165) is 6.07 Å². The molecule has 1 saturated heterocycles. The van der Waals surface area contributed by atoms with Gasteiger partial charge in [0.1, 0.15) is 0 Å². The standard InChI is InChI=1S/C11H15F2N3O/c1-6-5-16(3-2-9(6)17)11-8(13)4-7(12)10(14)15-11/h4,6,9,17H,2-3,5H2,1H3,(H2,14,15). The lowest BCUT2D eigenvalue weighted by atomic mass is 9.97. The summed E-state index contributed by atoms with van der Waals surface area (Å²) in [6, 6.07) is 0.743. The summed E-state index contributed by atoms with van der Waals surface area (Å²) >= 11 is 0. The normalized spacial score (nSPS) is 25.1. The maximum Gasteiger partial charge on any atom is 0.168 e. The number of aromatic nitrogens is 1. The van der Waals surface area contributed by atoms with Gasteiger partial charge in [-0.15, -0.1) is 0 Å². The van der Waals surface area contributed by atoms with Gasteiger partial charge in [-0.2, -0.15) is 0 Å². The summed E-state index contributed by atoms with van der Waals surface area (Å²) in [4.78, 5) is 5.41. The van der Waals surface area contributed by atoms with E-state index in [1.54, 1.807) is 4.90 Å². The second kappa shape index (κ2) is 4.44. The van der Waals surface area contributed by atoms with Gasteiger partial charge in [0.05, 0.1) is 6.10 Å². The van der Waals surface area contributed by atoms with Crippen molar-refractivity contribution >= 4 is 11.6 Å². The number of nitrogens with zero attached hydrogens (tertiary/aromatic N) is 2. The van der Waals surface area contributed by atoms with Crippen LogP contribution in [0.5, 0.6) is 0 Å².